The second-order valence-corrected chi connectivity index (χ2v) is 14.2. The first-order chi connectivity index (χ1) is 19.9. The first kappa shape index (κ1) is 33.3. The molecule has 0 atom stereocenters. The van der Waals surface area contributed by atoms with E-state index in [1.807, 2.05) is 18.2 Å². The van der Waals surface area contributed by atoms with Crippen LogP contribution in [0.3, 0.4) is 0 Å². The second-order valence-electron chi connectivity index (χ2n) is 11.1. The van der Waals surface area contributed by atoms with Crippen LogP contribution in [0, 0.1) is 11.3 Å². The van der Waals surface area contributed by atoms with Gasteiger partial charge in [0.15, 0.2) is 0 Å². The predicted octanol–water partition coefficient (Wildman–Crippen LogP) is 6.64. The molecular formula is C36H46N4OSn. The summed E-state index contributed by atoms with van der Waals surface area (Å²) >= 11 is 0.311. The molecule has 0 radical (unpaired) electrons. The molecule has 0 aliphatic rings. The fourth-order valence-electron chi connectivity index (χ4n) is 5.97. The molecule has 4 aromatic rings. The smallest absolute Gasteiger partial charge is 0.344 e. The van der Waals surface area contributed by atoms with Crippen LogP contribution in [0.5, 0.6) is 0 Å². The molecule has 0 saturated carbocycles. The summed E-state index contributed by atoms with van der Waals surface area (Å²) in [6.07, 6.45) is 10.5. The van der Waals surface area contributed by atoms with Gasteiger partial charge in [-0.15, -0.1) is 0 Å². The summed E-state index contributed by atoms with van der Waals surface area (Å²) in [4.78, 5) is 17.7. The van der Waals surface area contributed by atoms with E-state index in [0.29, 0.717) is 51.3 Å². The van der Waals surface area contributed by atoms with Gasteiger partial charge >= 0.3 is 260 Å². The van der Waals surface area contributed by atoms with Gasteiger partial charge in [-0.05, 0) is 0 Å². The van der Waals surface area contributed by atoms with Gasteiger partial charge in [-0.2, -0.15) is 0 Å². The molecule has 42 heavy (non-hydrogen) atoms. The molecule has 0 aliphatic carbocycles. The molecule has 0 spiro atoms. The number of primary amides is 1. The molecule has 6 heteroatoms. The standard InChI is InChI=1S/C36H40N3O.H3N.Sn.3H/c1-4-7-17-26-23-33-34(28(19-9-6-3)27(26)18-8-5-2)31(22-25-15-11-10-12-16-25)32(24-37)35(39-33)29-20-13-14-21-30(29)36(38)40;;;;;/h10-15,20-21,23H,4-9,17-19,22H2,1-3H3,(H2,38,40);1H3;;;;. The van der Waals surface area contributed by atoms with Crippen molar-refractivity contribution in [2.24, 2.45) is 5.73 Å². The number of amides is 1. The normalized spacial score (nSPS) is 10.9. The number of fused-ring (bicyclic) bond motifs is 1. The Hall–Kier alpha value is -3.21. The van der Waals surface area contributed by atoms with Gasteiger partial charge in [-0.25, -0.2) is 0 Å². The van der Waals surface area contributed by atoms with Gasteiger partial charge in [0.25, 0.3) is 0 Å². The van der Waals surface area contributed by atoms with Crippen LogP contribution in [-0.4, -0.2) is 33.4 Å². The quantitative estimate of drug-likeness (QED) is 0.155. The van der Waals surface area contributed by atoms with E-state index >= 15 is 0 Å². The average Bonchev–Trinajstić information content (AvgIpc) is 2.98. The molecule has 5 N–H and O–H groups in total. The summed E-state index contributed by atoms with van der Waals surface area (Å²) in [5.74, 6) is -0.511. The number of carbonyl (C=O) groups is 1. The van der Waals surface area contributed by atoms with Crippen LogP contribution in [0.2, 0.25) is 0 Å². The fourth-order valence-corrected chi connectivity index (χ4v) is 7.50. The van der Waals surface area contributed by atoms with Crippen molar-refractivity contribution in [2.75, 3.05) is 0 Å². The second kappa shape index (κ2) is 15.9. The van der Waals surface area contributed by atoms with E-state index < -0.39 is 5.91 Å². The number of carbonyl (C=O) groups excluding carboxylic acids is 1. The molecule has 0 unspecified atom stereocenters. The molecule has 1 amide bonds. The van der Waals surface area contributed by atoms with E-state index in [9.17, 15) is 10.1 Å². The number of aromatic nitrogens is 1. The van der Waals surface area contributed by atoms with Crippen molar-refractivity contribution in [1.82, 2.24) is 11.1 Å². The van der Waals surface area contributed by atoms with Gasteiger partial charge in [0.05, 0.1) is 0 Å². The Balaban J connectivity index is 0.00000484. The van der Waals surface area contributed by atoms with E-state index in [2.05, 4.69) is 57.2 Å². The van der Waals surface area contributed by atoms with Gasteiger partial charge in [-0.1, -0.05) is 0 Å². The van der Waals surface area contributed by atoms with Crippen LogP contribution >= 0.6 is 0 Å². The zero-order chi connectivity index (χ0) is 29.4. The molecule has 4 rings (SSSR count). The van der Waals surface area contributed by atoms with Gasteiger partial charge in [0.2, 0.25) is 0 Å². The van der Waals surface area contributed by atoms with Crippen molar-refractivity contribution in [3.63, 3.8) is 0 Å². The van der Waals surface area contributed by atoms with Crippen LogP contribution in [-0.2, 0) is 25.7 Å². The molecule has 1 heterocycles. The van der Waals surface area contributed by atoms with Crippen molar-refractivity contribution in [3.05, 3.63) is 93.5 Å². The molecule has 1 aromatic heterocycles. The number of rotatable bonds is 13. The monoisotopic (exact) mass is 670 g/mol. The van der Waals surface area contributed by atoms with Crippen molar-refractivity contribution in [3.8, 4) is 17.3 Å². The summed E-state index contributed by atoms with van der Waals surface area (Å²) in [7, 11) is 0. The van der Waals surface area contributed by atoms with Crippen LogP contribution in [0.15, 0.2) is 54.6 Å². The summed E-state index contributed by atoms with van der Waals surface area (Å²) in [5, 5.41) is 11.9. The summed E-state index contributed by atoms with van der Waals surface area (Å²) < 4.78 is 1.41. The Morgan fingerprint density at radius 3 is 2.12 bits per heavy atom. The zero-order valence-corrected chi connectivity index (χ0v) is 31.6. The van der Waals surface area contributed by atoms with E-state index in [4.69, 9.17) is 10.7 Å². The summed E-state index contributed by atoms with van der Waals surface area (Å²) in [6, 6.07) is 20.8. The molecule has 220 valence electrons. The molecular weight excluding hydrogens is 623 g/mol. The number of unbranched alkanes of at least 4 members (excludes halogenated alkanes) is 3. The van der Waals surface area contributed by atoms with E-state index in [-0.39, 0.29) is 6.15 Å². The van der Waals surface area contributed by atoms with Gasteiger partial charge in [-0.3, -0.25) is 0 Å². The number of nitriles is 1. The zero-order valence-electron chi connectivity index (χ0n) is 25.9. The van der Waals surface area contributed by atoms with Crippen molar-refractivity contribution in [1.29, 1.82) is 5.26 Å². The van der Waals surface area contributed by atoms with Crippen LogP contribution in [0.25, 0.3) is 22.2 Å². The predicted molar refractivity (Wildman–Crippen MR) is 180 cm³/mol. The minimum Gasteiger partial charge on any atom is -0.344 e. The minimum atomic E-state index is -0.511. The van der Waals surface area contributed by atoms with Gasteiger partial charge < -0.3 is 6.15 Å². The molecule has 3 aromatic carbocycles. The summed E-state index contributed by atoms with van der Waals surface area (Å²) in [6.45, 7) is 6.74. The fraction of sp³-hybridized carbons (Fsp3) is 0.361. The first-order valence-electron chi connectivity index (χ1n) is 15.3. The van der Waals surface area contributed by atoms with Crippen molar-refractivity contribution < 1.29 is 4.79 Å². The third-order valence-electron chi connectivity index (χ3n) is 8.24. The van der Waals surface area contributed by atoms with Crippen molar-refractivity contribution >= 4 is 42.9 Å². The molecule has 0 fully saturated rings. The minimum absolute atomic E-state index is 0. The van der Waals surface area contributed by atoms with E-state index in [0.717, 1.165) is 74.3 Å². The van der Waals surface area contributed by atoms with E-state index in [1.165, 1.54) is 25.8 Å². The number of nitrogens with zero attached hydrogens (tertiary/aromatic N) is 2. The number of pyridine rings is 1. The van der Waals surface area contributed by atoms with Crippen molar-refractivity contribution in [2.45, 2.75) is 85.0 Å². The van der Waals surface area contributed by atoms with Gasteiger partial charge in [0.1, 0.15) is 0 Å². The number of nitrogens with two attached hydrogens (primary N) is 1. The number of hydrogen-bond acceptors (Lipinski definition) is 4. The first-order valence-corrected chi connectivity index (χ1v) is 18.1. The Morgan fingerprint density at radius 2 is 1.48 bits per heavy atom. The maximum atomic E-state index is 12.5. The number of aryl methyl sites for hydroxylation is 2. The average molecular weight is 670 g/mol. The van der Waals surface area contributed by atoms with E-state index in [1.54, 1.807) is 6.07 Å². The largest absolute Gasteiger partial charge is 0.344 e. The third-order valence-corrected chi connectivity index (χ3v) is 11.0. The van der Waals surface area contributed by atoms with Crippen LogP contribution in [0.1, 0.15) is 103 Å². The number of benzene rings is 3. The third kappa shape index (κ3) is 7.22. The van der Waals surface area contributed by atoms with Gasteiger partial charge in [0, 0.05) is 0 Å². The summed E-state index contributed by atoms with van der Waals surface area (Å²) in [5.41, 5.74) is 15.5. The Bertz CT molecular complexity index is 1590. The topological polar surface area (TPSA) is 115 Å². The van der Waals surface area contributed by atoms with Crippen LogP contribution < -0.4 is 15.5 Å². The molecule has 5 nitrogen and oxygen atoms in total. The molecule has 0 aliphatic heterocycles. The van der Waals surface area contributed by atoms with Crippen LogP contribution in [0.4, 0.5) is 0 Å². The Kier molecular flexibility index (Phi) is 12.6. The Labute approximate surface area is 264 Å². The Morgan fingerprint density at radius 1 is 0.857 bits per heavy atom. The maximum Gasteiger partial charge on any atom is -0.344 e. The number of hydrogen-bond donors (Lipinski definition) is 2. The SMILES string of the molecule is CCCCc1cc2nc(-c3ccccc3C(N)=O)c(C#N)c(Cc3cccc[c]3[SnH3])c2c(CCCC)c1CCCC.N. The molecule has 0 saturated heterocycles. The molecule has 0 bridgehead atoms. The maximum absolute atomic E-state index is 12.5.